The summed E-state index contributed by atoms with van der Waals surface area (Å²) < 4.78 is 27.9. The molecule has 0 radical (unpaired) electrons. The van der Waals surface area contributed by atoms with Gasteiger partial charge in [-0.25, -0.2) is 0 Å². The van der Waals surface area contributed by atoms with E-state index in [9.17, 15) is 8.42 Å². The first-order valence-electron chi connectivity index (χ1n) is 10.3. The summed E-state index contributed by atoms with van der Waals surface area (Å²) in [5.41, 5.74) is 3.21. The Bertz CT molecular complexity index is 955. The van der Waals surface area contributed by atoms with Crippen LogP contribution in [-0.2, 0) is 20.8 Å². The van der Waals surface area contributed by atoms with Crippen molar-refractivity contribution in [2.75, 3.05) is 26.0 Å². The summed E-state index contributed by atoms with van der Waals surface area (Å²) in [5.74, 6) is 0. The minimum Gasteiger partial charge on any atom is -0.377 e. The molecule has 6 heteroatoms. The fourth-order valence-electron chi connectivity index (χ4n) is 3.15. The predicted octanol–water partition coefficient (Wildman–Crippen LogP) is 4.44. The van der Waals surface area contributed by atoms with Gasteiger partial charge in [-0.15, -0.1) is 0 Å². The third-order valence-electron chi connectivity index (χ3n) is 4.63. The SMILES string of the molecule is C=C/C(=C\C=C/C)NC(CN(CCOS(C)(=O)=O)Cc1ccccc1)c1ccccc1. The van der Waals surface area contributed by atoms with Crippen molar-refractivity contribution in [2.24, 2.45) is 0 Å². The molecule has 1 N–H and O–H groups in total. The van der Waals surface area contributed by atoms with Crippen LogP contribution in [0.3, 0.4) is 0 Å². The normalized spacial score (nSPS) is 13.5. The van der Waals surface area contributed by atoms with Crippen LogP contribution in [0.2, 0.25) is 0 Å². The molecule has 1 atom stereocenters. The van der Waals surface area contributed by atoms with Gasteiger partial charge in [-0.3, -0.25) is 9.08 Å². The number of allylic oxidation sites excluding steroid dienone is 4. The summed E-state index contributed by atoms with van der Waals surface area (Å²) in [5, 5.41) is 3.57. The molecule has 0 aliphatic heterocycles. The van der Waals surface area contributed by atoms with E-state index in [1.807, 2.05) is 61.5 Å². The lowest BCUT2D eigenvalue weighted by Gasteiger charge is -2.29. The van der Waals surface area contributed by atoms with E-state index in [1.165, 1.54) is 0 Å². The molecule has 0 bridgehead atoms. The van der Waals surface area contributed by atoms with Crippen LogP contribution in [0.15, 0.2) is 97.2 Å². The number of hydrogen-bond donors (Lipinski definition) is 1. The highest BCUT2D eigenvalue weighted by atomic mass is 32.2. The number of nitrogens with one attached hydrogen (secondary N) is 1. The molecule has 0 aliphatic carbocycles. The van der Waals surface area contributed by atoms with Crippen molar-refractivity contribution in [3.05, 3.63) is 108 Å². The van der Waals surface area contributed by atoms with Crippen LogP contribution in [0.25, 0.3) is 0 Å². The second-order valence-electron chi connectivity index (χ2n) is 7.21. The Balaban J connectivity index is 2.25. The molecule has 0 spiro atoms. The van der Waals surface area contributed by atoms with Crippen LogP contribution in [0.4, 0.5) is 0 Å². The smallest absolute Gasteiger partial charge is 0.264 e. The molecule has 0 aliphatic rings. The van der Waals surface area contributed by atoms with E-state index in [0.29, 0.717) is 19.6 Å². The lowest BCUT2D eigenvalue weighted by molar-refractivity contribution is 0.192. The average Bonchev–Trinajstić information content (AvgIpc) is 2.76. The summed E-state index contributed by atoms with van der Waals surface area (Å²) in [6, 6.07) is 20.3. The van der Waals surface area contributed by atoms with Crippen LogP contribution in [0, 0.1) is 0 Å². The van der Waals surface area contributed by atoms with Crippen molar-refractivity contribution in [3.8, 4) is 0 Å². The van der Waals surface area contributed by atoms with Crippen LogP contribution in [0.1, 0.15) is 24.1 Å². The van der Waals surface area contributed by atoms with E-state index in [4.69, 9.17) is 4.18 Å². The molecule has 0 amide bonds. The van der Waals surface area contributed by atoms with Crippen LogP contribution >= 0.6 is 0 Å². The summed E-state index contributed by atoms with van der Waals surface area (Å²) in [6.07, 6.45) is 8.79. The Morgan fingerprint density at radius 1 is 1.13 bits per heavy atom. The largest absolute Gasteiger partial charge is 0.377 e. The number of rotatable bonds is 13. The number of nitrogens with zero attached hydrogens (tertiary/aromatic N) is 1. The molecule has 0 saturated heterocycles. The van der Waals surface area contributed by atoms with Crippen LogP contribution < -0.4 is 5.32 Å². The Hall–Kier alpha value is -2.67. The van der Waals surface area contributed by atoms with E-state index in [0.717, 1.165) is 23.1 Å². The maximum absolute atomic E-state index is 11.4. The molecule has 0 heterocycles. The fourth-order valence-corrected chi connectivity index (χ4v) is 3.53. The van der Waals surface area contributed by atoms with E-state index < -0.39 is 10.1 Å². The Morgan fingerprint density at radius 2 is 1.77 bits per heavy atom. The summed E-state index contributed by atoms with van der Waals surface area (Å²) in [6.45, 7) is 7.82. The second-order valence-corrected chi connectivity index (χ2v) is 8.85. The van der Waals surface area contributed by atoms with Crippen molar-refractivity contribution in [1.29, 1.82) is 0 Å². The van der Waals surface area contributed by atoms with Crippen molar-refractivity contribution in [1.82, 2.24) is 10.2 Å². The summed E-state index contributed by atoms with van der Waals surface area (Å²) >= 11 is 0. The van der Waals surface area contributed by atoms with Gasteiger partial charge >= 0.3 is 0 Å². The second kappa shape index (κ2) is 12.9. The van der Waals surface area contributed by atoms with E-state index >= 15 is 0 Å². The van der Waals surface area contributed by atoms with Crippen molar-refractivity contribution in [3.63, 3.8) is 0 Å². The highest BCUT2D eigenvalue weighted by Crippen LogP contribution is 2.18. The first kappa shape index (κ1) is 24.6. The average molecular weight is 441 g/mol. The number of hydrogen-bond acceptors (Lipinski definition) is 5. The van der Waals surface area contributed by atoms with Crippen LogP contribution in [0.5, 0.6) is 0 Å². The van der Waals surface area contributed by atoms with Crippen LogP contribution in [-0.4, -0.2) is 39.3 Å². The van der Waals surface area contributed by atoms with E-state index in [-0.39, 0.29) is 12.6 Å². The van der Waals surface area contributed by atoms with Crippen molar-refractivity contribution >= 4 is 10.1 Å². The first-order chi connectivity index (χ1) is 14.9. The Labute approximate surface area is 186 Å². The molecule has 5 nitrogen and oxygen atoms in total. The summed E-state index contributed by atoms with van der Waals surface area (Å²) in [4.78, 5) is 2.20. The quantitative estimate of drug-likeness (QED) is 0.369. The Morgan fingerprint density at radius 3 is 2.35 bits per heavy atom. The van der Waals surface area contributed by atoms with Gasteiger partial charge in [0.2, 0.25) is 0 Å². The molecule has 0 fully saturated rings. The maximum Gasteiger partial charge on any atom is 0.264 e. The minimum absolute atomic E-state index is 0.0161. The molecule has 2 aromatic carbocycles. The van der Waals surface area contributed by atoms with Gasteiger partial charge in [0.1, 0.15) is 0 Å². The molecule has 166 valence electrons. The zero-order chi connectivity index (χ0) is 22.5. The lowest BCUT2D eigenvalue weighted by Crippen LogP contribution is -2.36. The van der Waals surface area contributed by atoms with Crippen molar-refractivity contribution < 1.29 is 12.6 Å². The topological polar surface area (TPSA) is 58.6 Å². The molecule has 0 saturated carbocycles. The first-order valence-corrected chi connectivity index (χ1v) is 12.1. The molecule has 2 rings (SSSR count). The van der Waals surface area contributed by atoms with E-state index in [2.05, 4.69) is 41.1 Å². The highest BCUT2D eigenvalue weighted by molar-refractivity contribution is 7.85. The molecule has 1 unspecified atom stereocenters. The third-order valence-corrected chi connectivity index (χ3v) is 5.22. The van der Waals surface area contributed by atoms with Gasteiger partial charge in [0.25, 0.3) is 10.1 Å². The zero-order valence-corrected chi connectivity index (χ0v) is 19.1. The monoisotopic (exact) mass is 440 g/mol. The molecule has 31 heavy (non-hydrogen) atoms. The van der Waals surface area contributed by atoms with Gasteiger partial charge in [0, 0.05) is 25.3 Å². The van der Waals surface area contributed by atoms with E-state index in [1.54, 1.807) is 6.08 Å². The van der Waals surface area contributed by atoms with Gasteiger partial charge in [0.15, 0.2) is 0 Å². The minimum atomic E-state index is -3.48. The third kappa shape index (κ3) is 9.79. The molecular weight excluding hydrogens is 408 g/mol. The van der Waals surface area contributed by atoms with Gasteiger partial charge in [0.05, 0.1) is 18.9 Å². The highest BCUT2D eigenvalue weighted by Gasteiger charge is 2.17. The standard InChI is InChI=1S/C25H32N2O3S/c1-4-6-17-24(5-2)26-25(23-15-11-8-12-16-23)21-27(18-19-30-31(3,28)29)20-22-13-9-7-10-14-22/h4-17,25-26H,2,18-21H2,1,3H3/b6-4-,24-17+. The van der Waals surface area contributed by atoms with Gasteiger partial charge in [-0.2, -0.15) is 8.42 Å². The molecule has 2 aromatic rings. The van der Waals surface area contributed by atoms with Gasteiger partial charge < -0.3 is 5.32 Å². The predicted molar refractivity (Wildman–Crippen MR) is 128 cm³/mol. The van der Waals surface area contributed by atoms with Gasteiger partial charge in [-0.1, -0.05) is 79.4 Å². The number of benzene rings is 2. The lowest BCUT2D eigenvalue weighted by atomic mass is 10.1. The van der Waals surface area contributed by atoms with Gasteiger partial charge in [-0.05, 0) is 30.2 Å². The summed E-state index contributed by atoms with van der Waals surface area (Å²) in [7, 11) is -3.48. The molecule has 0 aromatic heterocycles. The zero-order valence-electron chi connectivity index (χ0n) is 18.3. The maximum atomic E-state index is 11.4. The fraction of sp³-hybridized carbons (Fsp3) is 0.280. The van der Waals surface area contributed by atoms with Crippen molar-refractivity contribution in [2.45, 2.75) is 19.5 Å². The molecular formula is C25H32N2O3S. The Kier molecular flexibility index (Phi) is 10.2.